The van der Waals surface area contributed by atoms with E-state index in [0.29, 0.717) is 32.5 Å². The first kappa shape index (κ1) is 17.1. The average Bonchev–Trinajstić information content (AvgIpc) is 2.57. The third-order valence-electron chi connectivity index (χ3n) is 4.06. The normalized spacial score (nSPS) is 15.7. The van der Waals surface area contributed by atoms with E-state index in [2.05, 4.69) is 5.32 Å². The van der Waals surface area contributed by atoms with Crippen LogP contribution in [-0.4, -0.2) is 36.6 Å². The van der Waals surface area contributed by atoms with Crippen LogP contribution in [-0.2, 0) is 9.53 Å². The molecule has 0 atom stereocenters. The molecule has 2 amide bonds. The van der Waals surface area contributed by atoms with E-state index in [4.69, 9.17) is 4.74 Å². The Labute approximate surface area is 137 Å². The van der Waals surface area contributed by atoms with Gasteiger partial charge in [0.25, 0.3) is 0 Å². The van der Waals surface area contributed by atoms with Gasteiger partial charge in [-0.3, -0.25) is 4.79 Å². The summed E-state index contributed by atoms with van der Waals surface area (Å²) < 4.78 is 5.03. The van der Waals surface area contributed by atoms with Gasteiger partial charge in [0.15, 0.2) is 0 Å². The first-order valence-corrected chi connectivity index (χ1v) is 8.06. The van der Waals surface area contributed by atoms with Gasteiger partial charge in [0.2, 0.25) is 0 Å². The molecule has 5 nitrogen and oxygen atoms in total. The second-order valence-electron chi connectivity index (χ2n) is 5.65. The van der Waals surface area contributed by atoms with E-state index in [-0.39, 0.29) is 17.9 Å². The first-order chi connectivity index (χ1) is 11.1. The molecule has 1 N–H and O–H groups in total. The van der Waals surface area contributed by atoms with Crippen LogP contribution in [0.4, 0.5) is 4.79 Å². The summed E-state index contributed by atoms with van der Waals surface area (Å²) in [5, 5.41) is 2.79. The molecule has 1 aromatic rings. The predicted molar refractivity (Wildman–Crippen MR) is 89.7 cm³/mol. The Hall–Kier alpha value is -2.30. The van der Waals surface area contributed by atoms with Crippen molar-refractivity contribution in [2.75, 3.05) is 19.7 Å². The molecule has 0 aliphatic carbocycles. The van der Waals surface area contributed by atoms with Crippen molar-refractivity contribution >= 4 is 18.1 Å². The molecule has 23 heavy (non-hydrogen) atoms. The Morgan fingerprint density at radius 1 is 1.30 bits per heavy atom. The standard InChI is InChI=1S/C18H24N2O3/c1-3-23-17(21)16-9-12-20(13-10-16)18(22)19-11-8-15-7-5-4-6-14(15)2/h4-8,11,16H,3,9-10,12-13H2,1-2H3,(H,19,22)/b11-8+. The Kier molecular flexibility index (Phi) is 6.20. The smallest absolute Gasteiger partial charge is 0.321 e. The summed E-state index contributed by atoms with van der Waals surface area (Å²) in [4.78, 5) is 25.5. The fourth-order valence-electron chi connectivity index (χ4n) is 2.65. The maximum atomic E-state index is 12.1. The Balaban J connectivity index is 1.79. The molecule has 0 aromatic heterocycles. The Morgan fingerprint density at radius 2 is 2.00 bits per heavy atom. The minimum Gasteiger partial charge on any atom is -0.466 e. The minimum absolute atomic E-state index is 0.0819. The second-order valence-corrected chi connectivity index (χ2v) is 5.65. The monoisotopic (exact) mass is 316 g/mol. The first-order valence-electron chi connectivity index (χ1n) is 8.06. The number of nitrogens with zero attached hydrogens (tertiary/aromatic N) is 1. The predicted octanol–water partition coefficient (Wildman–Crippen LogP) is 2.95. The topological polar surface area (TPSA) is 58.6 Å². The van der Waals surface area contributed by atoms with Crippen molar-refractivity contribution in [2.45, 2.75) is 26.7 Å². The molecule has 1 aliphatic heterocycles. The number of rotatable bonds is 4. The summed E-state index contributed by atoms with van der Waals surface area (Å²) in [6.07, 6.45) is 4.88. The summed E-state index contributed by atoms with van der Waals surface area (Å²) in [7, 11) is 0. The SMILES string of the molecule is CCOC(=O)C1CCN(C(=O)N/C=C/c2ccccc2C)CC1. The molecule has 0 unspecified atom stereocenters. The van der Waals surface area contributed by atoms with Crippen LogP contribution in [0, 0.1) is 12.8 Å². The average molecular weight is 316 g/mol. The summed E-state index contributed by atoms with van der Waals surface area (Å²) in [5.41, 5.74) is 2.24. The van der Waals surface area contributed by atoms with Gasteiger partial charge in [-0.25, -0.2) is 4.79 Å². The van der Waals surface area contributed by atoms with Gasteiger partial charge in [0.1, 0.15) is 0 Å². The van der Waals surface area contributed by atoms with E-state index < -0.39 is 0 Å². The highest BCUT2D eigenvalue weighted by Crippen LogP contribution is 2.18. The van der Waals surface area contributed by atoms with E-state index in [0.717, 1.165) is 11.1 Å². The largest absolute Gasteiger partial charge is 0.466 e. The maximum Gasteiger partial charge on any atom is 0.321 e. The molecule has 0 spiro atoms. The van der Waals surface area contributed by atoms with Gasteiger partial charge in [-0.15, -0.1) is 0 Å². The fourth-order valence-corrected chi connectivity index (χ4v) is 2.65. The molecular weight excluding hydrogens is 292 g/mol. The zero-order valence-electron chi connectivity index (χ0n) is 13.7. The second kappa shape index (κ2) is 8.36. The van der Waals surface area contributed by atoms with Gasteiger partial charge in [0, 0.05) is 19.3 Å². The highest BCUT2D eigenvalue weighted by molar-refractivity contribution is 5.77. The molecule has 2 rings (SSSR count). The van der Waals surface area contributed by atoms with Crippen LogP contribution in [0.2, 0.25) is 0 Å². The van der Waals surface area contributed by atoms with E-state index in [1.165, 1.54) is 0 Å². The Morgan fingerprint density at radius 3 is 2.65 bits per heavy atom. The number of esters is 1. The summed E-state index contributed by atoms with van der Waals surface area (Å²) in [5.74, 6) is -0.228. The van der Waals surface area contributed by atoms with E-state index >= 15 is 0 Å². The molecule has 0 radical (unpaired) electrons. The number of ether oxygens (including phenoxy) is 1. The van der Waals surface area contributed by atoms with Crippen LogP contribution in [0.15, 0.2) is 30.5 Å². The number of carbonyl (C=O) groups is 2. The van der Waals surface area contributed by atoms with Crippen LogP contribution >= 0.6 is 0 Å². The highest BCUT2D eigenvalue weighted by Gasteiger charge is 2.27. The lowest BCUT2D eigenvalue weighted by Gasteiger charge is -2.30. The Bertz CT molecular complexity index is 575. The van der Waals surface area contributed by atoms with Crippen LogP contribution in [0.5, 0.6) is 0 Å². The number of amides is 2. The highest BCUT2D eigenvalue weighted by atomic mass is 16.5. The molecule has 1 heterocycles. The number of nitrogens with one attached hydrogen (secondary N) is 1. The molecule has 1 saturated heterocycles. The van der Waals surface area contributed by atoms with Gasteiger partial charge in [-0.2, -0.15) is 0 Å². The summed E-state index contributed by atoms with van der Waals surface area (Å²) >= 11 is 0. The molecule has 1 fully saturated rings. The molecule has 5 heteroatoms. The van der Waals surface area contributed by atoms with E-state index in [9.17, 15) is 9.59 Å². The lowest BCUT2D eigenvalue weighted by atomic mass is 9.97. The van der Waals surface area contributed by atoms with Crippen molar-refractivity contribution < 1.29 is 14.3 Å². The quantitative estimate of drug-likeness (QED) is 0.869. The van der Waals surface area contributed by atoms with Gasteiger partial charge < -0.3 is 15.0 Å². The number of hydrogen-bond acceptors (Lipinski definition) is 3. The lowest BCUT2D eigenvalue weighted by molar-refractivity contribution is -0.149. The third-order valence-corrected chi connectivity index (χ3v) is 4.06. The van der Waals surface area contributed by atoms with Crippen molar-refractivity contribution in [1.82, 2.24) is 10.2 Å². The fraction of sp³-hybridized carbons (Fsp3) is 0.444. The van der Waals surface area contributed by atoms with Crippen molar-refractivity contribution in [3.63, 3.8) is 0 Å². The van der Waals surface area contributed by atoms with E-state index in [1.54, 1.807) is 18.0 Å². The van der Waals surface area contributed by atoms with Gasteiger partial charge in [-0.05, 0) is 43.9 Å². The van der Waals surface area contributed by atoms with Crippen molar-refractivity contribution in [3.05, 3.63) is 41.6 Å². The number of benzene rings is 1. The minimum atomic E-state index is -0.146. The number of hydrogen-bond donors (Lipinski definition) is 1. The van der Waals surface area contributed by atoms with Crippen LogP contribution in [0.3, 0.4) is 0 Å². The summed E-state index contributed by atoms with van der Waals surface area (Å²) in [6, 6.07) is 7.86. The van der Waals surface area contributed by atoms with E-state index in [1.807, 2.05) is 37.3 Å². The number of carbonyl (C=O) groups excluding carboxylic acids is 2. The molecule has 0 bridgehead atoms. The van der Waals surface area contributed by atoms with Gasteiger partial charge in [-0.1, -0.05) is 24.3 Å². The van der Waals surface area contributed by atoms with Crippen LogP contribution in [0.1, 0.15) is 30.9 Å². The zero-order chi connectivity index (χ0) is 16.7. The number of urea groups is 1. The van der Waals surface area contributed by atoms with Crippen molar-refractivity contribution in [3.8, 4) is 0 Å². The number of aryl methyl sites for hydroxylation is 1. The lowest BCUT2D eigenvalue weighted by Crippen LogP contribution is -2.44. The van der Waals surface area contributed by atoms with Crippen LogP contribution in [0.25, 0.3) is 6.08 Å². The van der Waals surface area contributed by atoms with Crippen molar-refractivity contribution in [2.24, 2.45) is 5.92 Å². The molecular formula is C18H24N2O3. The van der Waals surface area contributed by atoms with Gasteiger partial charge in [0.05, 0.1) is 12.5 Å². The molecule has 1 aromatic carbocycles. The molecule has 124 valence electrons. The molecule has 1 aliphatic rings. The van der Waals surface area contributed by atoms with Gasteiger partial charge >= 0.3 is 12.0 Å². The van der Waals surface area contributed by atoms with Crippen LogP contribution < -0.4 is 5.32 Å². The summed E-state index contributed by atoms with van der Waals surface area (Å²) in [6.45, 7) is 5.40. The number of likely N-dealkylation sites (tertiary alicyclic amines) is 1. The number of piperidine rings is 1. The zero-order valence-corrected chi connectivity index (χ0v) is 13.7. The molecule has 0 saturated carbocycles. The maximum absolute atomic E-state index is 12.1. The van der Waals surface area contributed by atoms with Crippen molar-refractivity contribution in [1.29, 1.82) is 0 Å². The third kappa shape index (κ3) is 4.84.